The summed E-state index contributed by atoms with van der Waals surface area (Å²) in [6.07, 6.45) is 0. The van der Waals surface area contributed by atoms with Gasteiger partial charge in [0, 0.05) is 18.2 Å². The molecule has 0 aromatic heterocycles. The normalized spacial score (nSPS) is 13.1. The van der Waals surface area contributed by atoms with E-state index in [4.69, 9.17) is 10.9 Å². The summed E-state index contributed by atoms with van der Waals surface area (Å²) in [6.45, 7) is 5.01. The Labute approximate surface area is 125 Å². The molecule has 1 atom stereocenters. The molecule has 2 aromatic carbocycles. The molecule has 0 saturated heterocycles. The smallest absolute Gasteiger partial charge is 0.170 e. The van der Waals surface area contributed by atoms with Gasteiger partial charge in [0.2, 0.25) is 0 Å². The first-order chi connectivity index (χ1) is 10.1. The average molecular weight is 283 g/mol. The van der Waals surface area contributed by atoms with Crippen LogP contribution in [0.3, 0.4) is 0 Å². The fourth-order valence-corrected chi connectivity index (χ4v) is 2.10. The zero-order valence-corrected chi connectivity index (χ0v) is 12.4. The molecule has 0 spiro atoms. The van der Waals surface area contributed by atoms with E-state index < -0.39 is 0 Å². The first kappa shape index (κ1) is 15.1. The third kappa shape index (κ3) is 4.07. The van der Waals surface area contributed by atoms with Gasteiger partial charge in [0.25, 0.3) is 0 Å². The quantitative estimate of drug-likeness (QED) is 0.342. The van der Waals surface area contributed by atoms with Gasteiger partial charge < -0.3 is 16.3 Å². The van der Waals surface area contributed by atoms with Gasteiger partial charge in [0.05, 0.1) is 0 Å². The molecule has 0 radical (unpaired) electrons. The molecule has 2 aromatic rings. The fraction of sp³-hybridized carbons (Fsp3) is 0.235. The Balaban J connectivity index is 1.95. The number of aryl methyl sites for hydroxylation is 1. The second-order valence-electron chi connectivity index (χ2n) is 5.20. The summed E-state index contributed by atoms with van der Waals surface area (Å²) in [4.78, 5) is 0. The molecule has 0 amide bonds. The van der Waals surface area contributed by atoms with E-state index in [1.807, 2.05) is 24.3 Å². The SMILES string of the molecule is Cc1ccc([C@@H](C)NCc2ccc(/C(N)=N/O)cc2)cc1. The molecular weight excluding hydrogens is 262 g/mol. The second kappa shape index (κ2) is 6.90. The zero-order chi connectivity index (χ0) is 15.2. The Morgan fingerprint density at radius 2 is 1.76 bits per heavy atom. The number of hydrogen-bond donors (Lipinski definition) is 3. The minimum atomic E-state index is 0.127. The van der Waals surface area contributed by atoms with Gasteiger partial charge in [-0.15, -0.1) is 0 Å². The maximum absolute atomic E-state index is 8.63. The van der Waals surface area contributed by atoms with Crippen LogP contribution in [0.1, 0.15) is 35.2 Å². The minimum absolute atomic E-state index is 0.127. The molecule has 0 unspecified atom stereocenters. The Hall–Kier alpha value is -2.33. The molecule has 2 rings (SSSR count). The number of nitrogens with two attached hydrogens (primary N) is 1. The minimum Gasteiger partial charge on any atom is -0.409 e. The predicted octanol–water partition coefficient (Wildman–Crippen LogP) is 2.94. The lowest BCUT2D eigenvalue weighted by Crippen LogP contribution is -2.18. The van der Waals surface area contributed by atoms with Crippen LogP contribution in [0.25, 0.3) is 0 Å². The number of nitrogens with zero attached hydrogens (tertiary/aromatic N) is 1. The van der Waals surface area contributed by atoms with Gasteiger partial charge in [-0.3, -0.25) is 0 Å². The summed E-state index contributed by atoms with van der Waals surface area (Å²) < 4.78 is 0. The molecule has 0 aliphatic rings. The van der Waals surface area contributed by atoms with Crippen molar-refractivity contribution in [3.05, 3.63) is 70.8 Å². The van der Waals surface area contributed by atoms with Gasteiger partial charge in [-0.25, -0.2) is 0 Å². The van der Waals surface area contributed by atoms with Crippen molar-refractivity contribution in [2.45, 2.75) is 26.4 Å². The topological polar surface area (TPSA) is 70.6 Å². The second-order valence-corrected chi connectivity index (χ2v) is 5.20. The summed E-state index contributed by atoms with van der Waals surface area (Å²) in [5.74, 6) is 0.127. The number of nitrogens with one attached hydrogen (secondary N) is 1. The van der Waals surface area contributed by atoms with E-state index in [0.717, 1.165) is 12.1 Å². The highest BCUT2D eigenvalue weighted by atomic mass is 16.4. The fourth-order valence-electron chi connectivity index (χ4n) is 2.10. The Kier molecular flexibility index (Phi) is 4.95. The molecule has 0 saturated carbocycles. The zero-order valence-electron chi connectivity index (χ0n) is 12.4. The molecule has 0 heterocycles. The van der Waals surface area contributed by atoms with E-state index in [-0.39, 0.29) is 11.9 Å². The molecule has 4 N–H and O–H groups in total. The van der Waals surface area contributed by atoms with Crippen LogP contribution in [-0.2, 0) is 6.54 Å². The van der Waals surface area contributed by atoms with Gasteiger partial charge in [0.1, 0.15) is 0 Å². The van der Waals surface area contributed by atoms with Crippen molar-refractivity contribution in [1.29, 1.82) is 0 Å². The maximum atomic E-state index is 8.63. The summed E-state index contributed by atoms with van der Waals surface area (Å²) in [5, 5.41) is 15.1. The van der Waals surface area contributed by atoms with Crippen molar-refractivity contribution in [1.82, 2.24) is 5.32 Å². The maximum Gasteiger partial charge on any atom is 0.170 e. The van der Waals surface area contributed by atoms with Gasteiger partial charge >= 0.3 is 0 Å². The first-order valence-corrected chi connectivity index (χ1v) is 6.97. The van der Waals surface area contributed by atoms with E-state index >= 15 is 0 Å². The largest absolute Gasteiger partial charge is 0.409 e. The number of oxime groups is 1. The molecule has 0 fully saturated rings. The van der Waals surface area contributed by atoms with Crippen LogP contribution in [0.15, 0.2) is 53.7 Å². The van der Waals surface area contributed by atoms with Crippen LogP contribution in [0.2, 0.25) is 0 Å². The van der Waals surface area contributed by atoms with Gasteiger partial charge in [-0.2, -0.15) is 0 Å². The van der Waals surface area contributed by atoms with Crippen LogP contribution in [-0.4, -0.2) is 11.0 Å². The highest BCUT2D eigenvalue weighted by Gasteiger charge is 2.05. The number of benzene rings is 2. The lowest BCUT2D eigenvalue weighted by Gasteiger charge is -2.14. The van der Waals surface area contributed by atoms with E-state index in [2.05, 4.69) is 48.6 Å². The highest BCUT2D eigenvalue weighted by molar-refractivity contribution is 5.96. The number of rotatable bonds is 5. The summed E-state index contributed by atoms with van der Waals surface area (Å²) in [7, 11) is 0. The Morgan fingerprint density at radius 3 is 2.33 bits per heavy atom. The molecule has 4 heteroatoms. The third-order valence-electron chi connectivity index (χ3n) is 3.55. The van der Waals surface area contributed by atoms with Crippen LogP contribution in [0, 0.1) is 6.92 Å². The number of hydrogen-bond acceptors (Lipinski definition) is 3. The molecule has 110 valence electrons. The summed E-state index contributed by atoms with van der Waals surface area (Å²) in [6, 6.07) is 16.5. The van der Waals surface area contributed by atoms with Crippen LogP contribution < -0.4 is 11.1 Å². The predicted molar refractivity (Wildman–Crippen MR) is 85.4 cm³/mol. The Bertz CT molecular complexity index is 603. The van der Waals surface area contributed by atoms with E-state index in [1.165, 1.54) is 11.1 Å². The molecule has 21 heavy (non-hydrogen) atoms. The summed E-state index contributed by atoms with van der Waals surface area (Å²) in [5.41, 5.74) is 9.95. The van der Waals surface area contributed by atoms with Gasteiger partial charge in [-0.05, 0) is 25.0 Å². The van der Waals surface area contributed by atoms with Crippen molar-refractivity contribution in [2.75, 3.05) is 0 Å². The average Bonchev–Trinajstić information content (AvgIpc) is 2.53. The van der Waals surface area contributed by atoms with Crippen LogP contribution >= 0.6 is 0 Å². The lowest BCUT2D eigenvalue weighted by atomic mass is 10.1. The molecule has 0 aliphatic heterocycles. The standard InChI is InChI=1S/C17H21N3O/c1-12-3-7-15(8-4-12)13(2)19-11-14-5-9-16(10-6-14)17(18)20-21/h3-10,13,19,21H,11H2,1-2H3,(H2,18,20)/t13-/m1/s1. The van der Waals surface area contributed by atoms with E-state index in [0.29, 0.717) is 5.56 Å². The van der Waals surface area contributed by atoms with Crippen molar-refractivity contribution < 1.29 is 5.21 Å². The third-order valence-corrected chi connectivity index (χ3v) is 3.55. The molecular formula is C17H21N3O. The highest BCUT2D eigenvalue weighted by Crippen LogP contribution is 2.14. The van der Waals surface area contributed by atoms with E-state index in [9.17, 15) is 0 Å². The lowest BCUT2D eigenvalue weighted by molar-refractivity contribution is 0.318. The molecule has 0 aliphatic carbocycles. The van der Waals surface area contributed by atoms with Crippen molar-refractivity contribution in [3.8, 4) is 0 Å². The van der Waals surface area contributed by atoms with Crippen LogP contribution in [0.5, 0.6) is 0 Å². The van der Waals surface area contributed by atoms with Crippen molar-refractivity contribution in [3.63, 3.8) is 0 Å². The molecule has 0 bridgehead atoms. The van der Waals surface area contributed by atoms with Gasteiger partial charge in [0.15, 0.2) is 5.84 Å². The Morgan fingerprint density at radius 1 is 1.14 bits per heavy atom. The number of amidine groups is 1. The first-order valence-electron chi connectivity index (χ1n) is 6.97. The summed E-state index contributed by atoms with van der Waals surface area (Å²) >= 11 is 0. The van der Waals surface area contributed by atoms with Crippen molar-refractivity contribution in [2.24, 2.45) is 10.9 Å². The van der Waals surface area contributed by atoms with Crippen LogP contribution in [0.4, 0.5) is 0 Å². The van der Waals surface area contributed by atoms with E-state index in [1.54, 1.807) is 0 Å². The van der Waals surface area contributed by atoms with Gasteiger partial charge in [-0.1, -0.05) is 59.3 Å². The molecule has 4 nitrogen and oxygen atoms in total. The van der Waals surface area contributed by atoms with Crippen molar-refractivity contribution >= 4 is 5.84 Å². The monoisotopic (exact) mass is 283 g/mol.